The highest BCUT2D eigenvalue weighted by atomic mass is 19.4. The Bertz CT molecular complexity index is 549. The van der Waals surface area contributed by atoms with Gasteiger partial charge in [0.25, 0.3) is 0 Å². The number of nitrogens with one attached hydrogen (secondary N) is 1. The maximum absolute atomic E-state index is 12.4. The van der Waals surface area contributed by atoms with Crippen LogP contribution in [-0.2, 0) is 6.18 Å². The minimum Gasteiger partial charge on any atom is -0.487 e. The molecule has 0 bridgehead atoms. The van der Waals surface area contributed by atoms with Crippen LogP contribution >= 0.6 is 0 Å². The van der Waals surface area contributed by atoms with E-state index in [0.717, 1.165) is 17.7 Å². The fourth-order valence-electron chi connectivity index (χ4n) is 1.93. The van der Waals surface area contributed by atoms with Gasteiger partial charge in [-0.1, -0.05) is 12.2 Å². The van der Waals surface area contributed by atoms with Crippen LogP contribution in [0.1, 0.15) is 12.5 Å². The average molecular weight is 314 g/mol. The lowest BCUT2D eigenvalue weighted by molar-refractivity contribution is -0.137. The number of nitrogens with zero attached hydrogens (tertiary/aromatic N) is 1. The third-order valence-electron chi connectivity index (χ3n) is 3.16. The van der Waals surface area contributed by atoms with Crippen LogP contribution in [0.2, 0.25) is 0 Å². The first kappa shape index (κ1) is 16.2. The van der Waals surface area contributed by atoms with Gasteiger partial charge in [-0.3, -0.25) is 0 Å². The second kappa shape index (κ2) is 6.29. The molecule has 1 aromatic carbocycles. The maximum Gasteiger partial charge on any atom is 0.416 e. The first-order valence-electron chi connectivity index (χ1n) is 6.77. The second-order valence-corrected chi connectivity index (χ2v) is 5.28. The summed E-state index contributed by atoms with van der Waals surface area (Å²) in [7, 11) is 0. The Morgan fingerprint density at radius 3 is 2.45 bits per heavy atom. The van der Waals surface area contributed by atoms with Gasteiger partial charge in [-0.2, -0.15) is 13.2 Å². The molecule has 0 radical (unpaired) electrons. The smallest absolute Gasteiger partial charge is 0.416 e. The van der Waals surface area contributed by atoms with E-state index < -0.39 is 11.7 Å². The minimum absolute atomic E-state index is 0.199. The molecule has 1 heterocycles. The van der Waals surface area contributed by atoms with Crippen LogP contribution in [0.4, 0.5) is 18.0 Å². The van der Waals surface area contributed by atoms with E-state index in [2.05, 4.69) is 11.9 Å². The summed E-state index contributed by atoms with van der Waals surface area (Å²) < 4.78 is 42.8. The lowest BCUT2D eigenvalue weighted by Gasteiger charge is -2.38. The van der Waals surface area contributed by atoms with Gasteiger partial charge >= 0.3 is 12.2 Å². The van der Waals surface area contributed by atoms with Crippen molar-refractivity contribution in [3.8, 4) is 5.75 Å². The van der Waals surface area contributed by atoms with Crippen molar-refractivity contribution in [3.05, 3.63) is 42.0 Å². The van der Waals surface area contributed by atoms with E-state index in [1.807, 2.05) is 6.92 Å². The molecule has 120 valence electrons. The molecule has 2 rings (SSSR count). The Kier molecular flexibility index (Phi) is 4.63. The fraction of sp³-hybridized carbons (Fsp3) is 0.400. The molecular formula is C15H17F3N2O2. The summed E-state index contributed by atoms with van der Waals surface area (Å²) in [6.45, 7) is 6.73. The number of halogens is 3. The number of ether oxygens (including phenoxy) is 1. The molecule has 4 nitrogen and oxygen atoms in total. The third-order valence-corrected chi connectivity index (χ3v) is 3.16. The van der Waals surface area contributed by atoms with Crippen LogP contribution < -0.4 is 10.1 Å². The van der Waals surface area contributed by atoms with Gasteiger partial charge in [0.15, 0.2) is 0 Å². The molecular weight excluding hydrogens is 297 g/mol. The van der Waals surface area contributed by atoms with E-state index in [1.54, 1.807) is 4.90 Å². The quantitative estimate of drug-likeness (QED) is 0.868. The summed E-state index contributed by atoms with van der Waals surface area (Å²) in [6, 6.07) is 4.32. The summed E-state index contributed by atoms with van der Waals surface area (Å²) in [5.41, 5.74) is 0.140. The minimum atomic E-state index is -4.35. The van der Waals surface area contributed by atoms with E-state index in [0.29, 0.717) is 25.4 Å². The van der Waals surface area contributed by atoms with Crippen LogP contribution in [0.15, 0.2) is 36.4 Å². The van der Waals surface area contributed by atoms with Crippen LogP contribution in [-0.4, -0.2) is 36.7 Å². The number of urea groups is 1. The van der Waals surface area contributed by atoms with E-state index in [-0.39, 0.29) is 12.1 Å². The fourth-order valence-corrected chi connectivity index (χ4v) is 1.93. The van der Waals surface area contributed by atoms with Gasteiger partial charge in [0, 0.05) is 6.54 Å². The summed E-state index contributed by atoms with van der Waals surface area (Å²) >= 11 is 0. The lowest BCUT2D eigenvalue weighted by Crippen LogP contribution is -2.59. The van der Waals surface area contributed by atoms with E-state index >= 15 is 0 Å². The van der Waals surface area contributed by atoms with E-state index in [1.165, 1.54) is 12.1 Å². The van der Waals surface area contributed by atoms with Crippen LogP contribution in [0.3, 0.4) is 0 Å². The Balaban J connectivity index is 1.78. The molecule has 1 N–H and O–H groups in total. The van der Waals surface area contributed by atoms with Gasteiger partial charge < -0.3 is 15.0 Å². The van der Waals surface area contributed by atoms with Gasteiger partial charge in [0.1, 0.15) is 11.9 Å². The molecule has 1 fully saturated rings. The summed E-state index contributed by atoms with van der Waals surface area (Å²) in [6.07, 6.45) is -4.56. The molecule has 0 aromatic heterocycles. The molecule has 1 aliphatic heterocycles. The number of alkyl halides is 3. The van der Waals surface area contributed by atoms with Crippen LogP contribution in [0, 0.1) is 0 Å². The van der Waals surface area contributed by atoms with Gasteiger partial charge in [-0.05, 0) is 31.2 Å². The number of benzene rings is 1. The van der Waals surface area contributed by atoms with Crippen molar-refractivity contribution >= 4 is 6.03 Å². The number of carbonyl (C=O) groups excluding carboxylic acids is 1. The Morgan fingerprint density at radius 2 is 1.95 bits per heavy atom. The van der Waals surface area contributed by atoms with Gasteiger partial charge in [0.05, 0.1) is 18.7 Å². The predicted octanol–water partition coefficient (Wildman–Crippen LogP) is 3.05. The van der Waals surface area contributed by atoms with Crippen molar-refractivity contribution in [2.24, 2.45) is 0 Å². The third kappa shape index (κ3) is 4.16. The molecule has 1 saturated heterocycles. The summed E-state index contributed by atoms with van der Waals surface area (Å²) in [4.78, 5) is 13.2. The topological polar surface area (TPSA) is 41.6 Å². The average Bonchev–Trinajstić information content (AvgIpc) is 2.39. The molecule has 0 atom stereocenters. The van der Waals surface area contributed by atoms with Crippen molar-refractivity contribution in [3.63, 3.8) is 0 Å². The number of amides is 2. The maximum atomic E-state index is 12.4. The number of rotatable bonds is 4. The highest BCUT2D eigenvalue weighted by Gasteiger charge is 2.33. The predicted molar refractivity (Wildman–Crippen MR) is 75.6 cm³/mol. The summed E-state index contributed by atoms with van der Waals surface area (Å²) in [5, 5.41) is 2.70. The molecule has 0 unspecified atom stereocenters. The van der Waals surface area contributed by atoms with E-state index in [9.17, 15) is 18.0 Å². The molecule has 0 aliphatic carbocycles. The molecule has 22 heavy (non-hydrogen) atoms. The van der Waals surface area contributed by atoms with Crippen molar-refractivity contribution in [1.29, 1.82) is 0 Å². The molecule has 7 heteroatoms. The Hall–Kier alpha value is -2.18. The largest absolute Gasteiger partial charge is 0.487 e. The SMILES string of the molecule is C=C(C)CNC(=O)N1CC(Oc2ccc(C(F)(F)F)cc2)C1. The van der Waals surface area contributed by atoms with Crippen molar-refractivity contribution in [2.45, 2.75) is 19.2 Å². The number of hydrogen-bond acceptors (Lipinski definition) is 2. The monoisotopic (exact) mass is 314 g/mol. The molecule has 0 saturated carbocycles. The van der Waals surface area contributed by atoms with Crippen molar-refractivity contribution in [2.75, 3.05) is 19.6 Å². The standard InChI is InChI=1S/C15H17F3N2O2/c1-10(2)7-19-14(21)20-8-13(9-20)22-12-5-3-11(4-6-12)15(16,17)18/h3-6,13H,1,7-9H2,2H3,(H,19,21). The number of hydrogen-bond donors (Lipinski definition) is 1. The number of carbonyl (C=O) groups is 1. The highest BCUT2D eigenvalue weighted by Crippen LogP contribution is 2.30. The zero-order valence-corrected chi connectivity index (χ0v) is 12.1. The Morgan fingerprint density at radius 1 is 1.36 bits per heavy atom. The highest BCUT2D eigenvalue weighted by molar-refractivity contribution is 5.75. The molecule has 1 aliphatic rings. The lowest BCUT2D eigenvalue weighted by atomic mass is 10.1. The zero-order valence-electron chi connectivity index (χ0n) is 12.1. The molecule has 1 aromatic rings. The van der Waals surface area contributed by atoms with Gasteiger partial charge in [0.2, 0.25) is 0 Å². The van der Waals surface area contributed by atoms with Crippen LogP contribution in [0.25, 0.3) is 0 Å². The Labute approximate surface area is 126 Å². The van der Waals surface area contributed by atoms with E-state index in [4.69, 9.17) is 4.74 Å². The first-order valence-corrected chi connectivity index (χ1v) is 6.77. The first-order chi connectivity index (χ1) is 10.3. The number of likely N-dealkylation sites (tertiary alicyclic amines) is 1. The van der Waals surface area contributed by atoms with Crippen LogP contribution in [0.5, 0.6) is 5.75 Å². The van der Waals surface area contributed by atoms with Gasteiger partial charge in [-0.15, -0.1) is 0 Å². The zero-order chi connectivity index (χ0) is 16.3. The molecule has 0 spiro atoms. The van der Waals surface area contributed by atoms with Gasteiger partial charge in [-0.25, -0.2) is 4.79 Å². The summed E-state index contributed by atoms with van der Waals surface area (Å²) in [5.74, 6) is 0.361. The van der Waals surface area contributed by atoms with Crippen molar-refractivity contribution in [1.82, 2.24) is 10.2 Å². The van der Waals surface area contributed by atoms with Crippen molar-refractivity contribution < 1.29 is 22.7 Å². The molecule has 2 amide bonds. The second-order valence-electron chi connectivity index (χ2n) is 5.28. The normalized spacial score (nSPS) is 15.2.